The van der Waals surface area contributed by atoms with Crippen LogP contribution >= 0.6 is 11.3 Å². The second kappa shape index (κ2) is 6.85. The molecule has 4 nitrogen and oxygen atoms in total. The van der Waals surface area contributed by atoms with Crippen molar-refractivity contribution < 1.29 is 5.11 Å². The number of aliphatic hydroxyl groups is 1. The van der Waals surface area contributed by atoms with Gasteiger partial charge in [0, 0.05) is 24.5 Å². The van der Waals surface area contributed by atoms with Gasteiger partial charge in [0.25, 0.3) is 0 Å². The highest BCUT2D eigenvalue weighted by atomic mass is 32.1. The van der Waals surface area contributed by atoms with Crippen LogP contribution in [-0.2, 0) is 6.42 Å². The zero-order valence-electron chi connectivity index (χ0n) is 14.2. The molecule has 1 aromatic carbocycles. The summed E-state index contributed by atoms with van der Waals surface area (Å²) in [4.78, 5) is 6.99. The van der Waals surface area contributed by atoms with Gasteiger partial charge in [0.05, 0.1) is 21.3 Å². The Morgan fingerprint density at radius 1 is 1.43 bits per heavy atom. The standard InChI is InChI=1S/C18H27N3OS/c1-18(2,19-12-15(22)14-8-6-10-21(14)3)11-17-20-13-7-4-5-9-16(13)23-17/h4-5,7,9,14-15,19,22H,6,8,10-12H2,1-3H3. The van der Waals surface area contributed by atoms with E-state index >= 15 is 0 Å². The number of nitrogens with one attached hydrogen (secondary N) is 1. The van der Waals surface area contributed by atoms with Gasteiger partial charge in [-0.05, 0) is 52.4 Å². The molecule has 2 aromatic rings. The number of nitrogens with zero attached hydrogens (tertiary/aromatic N) is 2. The minimum atomic E-state index is -0.308. The quantitative estimate of drug-likeness (QED) is 0.853. The number of rotatable bonds is 6. The summed E-state index contributed by atoms with van der Waals surface area (Å²) < 4.78 is 1.24. The van der Waals surface area contributed by atoms with Crippen LogP contribution in [0, 0.1) is 0 Å². The van der Waals surface area contributed by atoms with Crippen LogP contribution in [0.25, 0.3) is 10.2 Å². The fraction of sp³-hybridized carbons (Fsp3) is 0.611. The third kappa shape index (κ3) is 4.10. The summed E-state index contributed by atoms with van der Waals surface area (Å²) in [6.45, 7) is 6.10. The summed E-state index contributed by atoms with van der Waals surface area (Å²) in [5.74, 6) is 0. The Kier molecular flexibility index (Phi) is 5.01. The van der Waals surface area contributed by atoms with Crippen LogP contribution in [0.3, 0.4) is 0 Å². The normalized spacial score (nSPS) is 21.1. The average molecular weight is 334 g/mol. The van der Waals surface area contributed by atoms with Crippen molar-refractivity contribution in [1.82, 2.24) is 15.2 Å². The Hall–Kier alpha value is -1.01. The van der Waals surface area contributed by atoms with Crippen LogP contribution < -0.4 is 5.32 Å². The molecule has 3 rings (SSSR count). The summed E-state index contributed by atoms with van der Waals surface area (Å²) in [6, 6.07) is 8.57. The number of benzene rings is 1. The number of aliphatic hydroxyl groups excluding tert-OH is 1. The number of β-amino-alcohol motifs (C(OH)–C–C–N with tert-alkyl or cyclic N) is 1. The van der Waals surface area contributed by atoms with Crippen molar-refractivity contribution in [2.75, 3.05) is 20.1 Å². The SMILES string of the molecule is CN1CCCC1C(O)CNC(C)(C)Cc1nc2ccccc2s1. The van der Waals surface area contributed by atoms with Crippen LogP contribution in [0.1, 0.15) is 31.7 Å². The molecule has 5 heteroatoms. The molecule has 1 aliphatic heterocycles. The third-order valence-corrected chi connectivity index (χ3v) is 5.78. The van der Waals surface area contributed by atoms with Gasteiger partial charge in [0.15, 0.2) is 0 Å². The second-order valence-electron chi connectivity index (χ2n) is 7.27. The number of fused-ring (bicyclic) bond motifs is 1. The molecular formula is C18H27N3OS. The molecule has 1 aliphatic rings. The van der Waals surface area contributed by atoms with E-state index in [4.69, 9.17) is 4.98 Å². The topological polar surface area (TPSA) is 48.4 Å². The fourth-order valence-electron chi connectivity index (χ4n) is 3.38. The smallest absolute Gasteiger partial charge is 0.0956 e. The highest BCUT2D eigenvalue weighted by molar-refractivity contribution is 7.18. The van der Waals surface area contributed by atoms with Gasteiger partial charge < -0.3 is 15.3 Å². The van der Waals surface area contributed by atoms with Crippen molar-refractivity contribution in [3.05, 3.63) is 29.3 Å². The van der Waals surface area contributed by atoms with Gasteiger partial charge in [0.2, 0.25) is 0 Å². The zero-order chi connectivity index (χ0) is 16.4. The van der Waals surface area contributed by atoms with E-state index in [1.807, 2.05) is 6.07 Å². The third-order valence-electron chi connectivity index (χ3n) is 4.74. The maximum absolute atomic E-state index is 10.4. The van der Waals surface area contributed by atoms with Crippen molar-refractivity contribution in [2.24, 2.45) is 0 Å². The van der Waals surface area contributed by atoms with Gasteiger partial charge in [-0.1, -0.05) is 12.1 Å². The van der Waals surface area contributed by atoms with Gasteiger partial charge in [0.1, 0.15) is 0 Å². The molecule has 1 aromatic heterocycles. The first-order chi connectivity index (χ1) is 10.9. The Morgan fingerprint density at radius 2 is 2.22 bits per heavy atom. The molecule has 1 fully saturated rings. The van der Waals surface area contributed by atoms with Crippen molar-refractivity contribution in [2.45, 2.75) is 50.8 Å². The predicted octanol–water partition coefficient (Wildman–Crippen LogP) is 2.66. The lowest BCUT2D eigenvalue weighted by Crippen LogP contribution is -2.49. The Labute approximate surface area is 142 Å². The lowest BCUT2D eigenvalue weighted by molar-refractivity contribution is 0.0783. The first-order valence-electron chi connectivity index (χ1n) is 8.42. The van der Waals surface area contributed by atoms with Crippen LogP contribution in [0.4, 0.5) is 0 Å². The molecule has 2 heterocycles. The number of para-hydroxylation sites is 1. The largest absolute Gasteiger partial charge is 0.390 e. The van der Waals surface area contributed by atoms with E-state index in [0.29, 0.717) is 12.6 Å². The number of hydrogen-bond acceptors (Lipinski definition) is 5. The summed E-state index contributed by atoms with van der Waals surface area (Å²) in [6.07, 6.45) is 2.85. The molecule has 2 N–H and O–H groups in total. The molecule has 0 bridgehead atoms. The Bertz CT molecular complexity index is 622. The molecule has 126 valence electrons. The zero-order valence-corrected chi connectivity index (χ0v) is 15.1. The Morgan fingerprint density at radius 3 is 2.91 bits per heavy atom. The van der Waals surface area contributed by atoms with E-state index in [9.17, 15) is 5.11 Å². The van der Waals surface area contributed by atoms with Crippen LogP contribution in [-0.4, -0.2) is 52.8 Å². The lowest BCUT2D eigenvalue weighted by Gasteiger charge is -2.30. The van der Waals surface area contributed by atoms with Gasteiger partial charge in [-0.2, -0.15) is 0 Å². The summed E-state index contributed by atoms with van der Waals surface area (Å²) in [7, 11) is 2.10. The first-order valence-corrected chi connectivity index (χ1v) is 9.24. The lowest BCUT2D eigenvalue weighted by atomic mass is 10.00. The molecule has 2 atom stereocenters. The van der Waals surface area contributed by atoms with Crippen LogP contribution in [0.5, 0.6) is 0 Å². The molecule has 0 amide bonds. The highest BCUT2D eigenvalue weighted by Gasteiger charge is 2.29. The summed E-state index contributed by atoms with van der Waals surface area (Å²) >= 11 is 1.76. The van der Waals surface area contributed by atoms with E-state index in [1.165, 1.54) is 11.1 Å². The van der Waals surface area contributed by atoms with Gasteiger partial charge in [-0.3, -0.25) is 0 Å². The second-order valence-corrected chi connectivity index (χ2v) is 8.39. The Balaban J connectivity index is 1.58. The molecule has 1 saturated heterocycles. The number of likely N-dealkylation sites (tertiary alicyclic amines) is 1. The molecular weight excluding hydrogens is 306 g/mol. The van der Waals surface area contributed by atoms with Gasteiger partial charge in [-0.15, -0.1) is 11.3 Å². The maximum Gasteiger partial charge on any atom is 0.0956 e. The van der Waals surface area contributed by atoms with Crippen LogP contribution in [0.15, 0.2) is 24.3 Å². The maximum atomic E-state index is 10.4. The van der Waals surface area contributed by atoms with E-state index in [0.717, 1.165) is 29.9 Å². The van der Waals surface area contributed by atoms with Crippen molar-refractivity contribution in [1.29, 1.82) is 0 Å². The van der Waals surface area contributed by atoms with Crippen LogP contribution in [0.2, 0.25) is 0 Å². The van der Waals surface area contributed by atoms with E-state index in [-0.39, 0.29) is 11.6 Å². The molecule has 0 saturated carbocycles. The first kappa shape index (κ1) is 16.8. The highest BCUT2D eigenvalue weighted by Crippen LogP contribution is 2.25. The van der Waals surface area contributed by atoms with Crippen molar-refractivity contribution in [3.8, 4) is 0 Å². The summed E-state index contributed by atoms with van der Waals surface area (Å²) in [5, 5.41) is 15.1. The monoisotopic (exact) mass is 333 g/mol. The van der Waals surface area contributed by atoms with E-state index in [1.54, 1.807) is 11.3 Å². The number of thiazole rings is 1. The van der Waals surface area contributed by atoms with Crippen molar-refractivity contribution >= 4 is 21.6 Å². The summed E-state index contributed by atoms with van der Waals surface area (Å²) in [5.41, 5.74) is 1.00. The molecule has 23 heavy (non-hydrogen) atoms. The van der Waals surface area contributed by atoms with E-state index in [2.05, 4.69) is 49.3 Å². The fourth-order valence-corrected chi connectivity index (χ4v) is 4.57. The molecule has 0 spiro atoms. The molecule has 2 unspecified atom stereocenters. The number of hydrogen-bond donors (Lipinski definition) is 2. The molecule has 0 aliphatic carbocycles. The molecule has 0 radical (unpaired) electrons. The average Bonchev–Trinajstić information content (AvgIpc) is 3.09. The van der Waals surface area contributed by atoms with Gasteiger partial charge >= 0.3 is 0 Å². The minimum Gasteiger partial charge on any atom is -0.390 e. The number of likely N-dealkylation sites (N-methyl/N-ethyl adjacent to an activating group) is 1. The van der Waals surface area contributed by atoms with E-state index < -0.39 is 0 Å². The van der Waals surface area contributed by atoms with Crippen molar-refractivity contribution in [3.63, 3.8) is 0 Å². The predicted molar refractivity (Wildman–Crippen MR) is 97.1 cm³/mol. The number of aromatic nitrogens is 1. The van der Waals surface area contributed by atoms with Gasteiger partial charge in [-0.25, -0.2) is 4.98 Å². The minimum absolute atomic E-state index is 0.0773.